The van der Waals surface area contributed by atoms with E-state index < -0.39 is 5.91 Å². The first-order valence-electron chi connectivity index (χ1n) is 10.0. The summed E-state index contributed by atoms with van der Waals surface area (Å²) in [6.07, 6.45) is 8.69. The molecule has 9 nitrogen and oxygen atoms in total. The number of pyridine rings is 2. The van der Waals surface area contributed by atoms with Crippen LogP contribution < -0.4 is 16.0 Å². The summed E-state index contributed by atoms with van der Waals surface area (Å²) in [5, 5.41) is 12.3. The molecule has 9 heteroatoms. The van der Waals surface area contributed by atoms with E-state index in [1.54, 1.807) is 12.4 Å². The summed E-state index contributed by atoms with van der Waals surface area (Å²) in [7, 11) is 0. The van der Waals surface area contributed by atoms with Crippen molar-refractivity contribution < 1.29 is 4.79 Å². The van der Waals surface area contributed by atoms with Crippen molar-refractivity contribution >= 4 is 17.4 Å². The number of amides is 1. The number of carbonyl (C=O) groups excluding carboxylic acids is 1. The maximum atomic E-state index is 11.9. The molecule has 0 unspecified atom stereocenters. The van der Waals surface area contributed by atoms with Crippen molar-refractivity contribution in [3.8, 4) is 6.07 Å². The summed E-state index contributed by atoms with van der Waals surface area (Å²) in [6, 6.07) is 9.79. The predicted octanol–water partition coefficient (Wildman–Crippen LogP) is 1.91. The lowest BCUT2D eigenvalue weighted by Gasteiger charge is -2.33. The van der Waals surface area contributed by atoms with Crippen molar-refractivity contribution in [1.82, 2.24) is 19.9 Å². The number of piperidine rings is 1. The molecular weight excluding hydrogens is 392 g/mol. The minimum Gasteiger partial charge on any atom is -0.381 e. The number of carbonyl (C=O) groups is 1. The van der Waals surface area contributed by atoms with Gasteiger partial charge in [0.2, 0.25) is 0 Å². The van der Waals surface area contributed by atoms with Crippen LogP contribution in [-0.4, -0.2) is 45.0 Å². The fourth-order valence-electron chi connectivity index (χ4n) is 3.61. The smallest absolute Gasteiger partial charge is 0.252 e. The standard InChI is InChI=1S/C22H22N8O/c23-11-18-12-28-21(14-27-18)30-7-4-15(5-8-30)29-20-10-17(26-13-19(20)22(24)31)9-16-3-1-2-6-25-16/h1-3,6,10,12-15H,4-5,7-9H2,(H2,24,31)(H,26,29). The first-order valence-corrected chi connectivity index (χ1v) is 10.0. The fraction of sp³-hybridized carbons (Fsp3) is 0.273. The summed E-state index contributed by atoms with van der Waals surface area (Å²) in [6.45, 7) is 1.58. The van der Waals surface area contributed by atoms with E-state index in [-0.39, 0.29) is 6.04 Å². The highest BCUT2D eigenvalue weighted by atomic mass is 16.1. The van der Waals surface area contributed by atoms with Gasteiger partial charge in [0.1, 0.15) is 11.9 Å². The lowest BCUT2D eigenvalue weighted by atomic mass is 10.0. The SMILES string of the molecule is N#Cc1cnc(N2CCC(Nc3cc(Cc4ccccn4)ncc3C(N)=O)CC2)cn1. The Labute approximate surface area is 180 Å². The van der Waals surface area contributed by atoms with Gasteiger partial charge in [0.05, 0.1) is 23.6 Å². The van der Waals surface area contributed by atoms with Gasteiger partial charge in [-0.15, -0.1) is 0 Å². The van der Waals surface area contributed by atoms with Gasteiger partial charge in [-0.1, -0.05) is 6.07 Å². The van der Waals surface area contributed by atoms with Crippen molar-refractivity contribution in [3.05, 3.63) is 71.7 Å². The van der Waals surface area contributed by atoms with Crippen LogP contribution in [0, 0.1) is 11.3 Å². The van der Waals surface area contributed by atoms with Crippen LogP contribution >= 0.6 is 0 Å². The predicted molar refractivity (Wildman–Crippen MR) is 115 cm³/mol. The van der Waals surface area contributed by atoms with E-state index in [0.29, 0.717) is 23.4 Å². The lowest BCUT2D eigenvalue weighted by molar-refractivity contribution is 0.100. The Morgan fingerprint density at radius 1 is 1.13 bits per heavy atom. The Kier molecular flexibility index (Phi) is 5.98. The highest BCUT2D eigenvalue weighted by Gasteiger charge is 2.22. The van der Waals surface area contributed by atoms with Gasteiger partial charge in [0.15, 0.2) is 5.69 Å². The summed E-state index contributed by atoms with van der Waals surface area (Å²) in [4.78, 5) is 31.2. The minimum atomic E-state index is -0.510. The molecule has 3 aromatic heterocycles. The number of anilines is 2. The second-order valence-electron chi connectivity index (χ2n) is 7.36. The van der Waals surface area contributed by atoms with Gasteiger partial charge in [-0.3, -0.25) is 14.8 Å². The van der Waals surface area contributed by atoms with Gasteiger partial charge in [-0.25, -0.2) is 9.97 Å². The van der Waals surface area contributed by atoms with Crippen LogP contribution in [-0.2, 0) is 6.42 Å². The van der Waals surface area contributed by atoms with E-state index in [1.807, 2.05) is 30.3 Å². The number of nitrogens with zero attached hydrogens (tertiary/aromatic N) is 6. The molecule has 1 saturated heterocycles. The molecule has 156 valence electrons. The quantitative estimate of drug-likeness (QED) is 0.625. The van der Waals surface area contributed by atoms with Crippen molar-refractivity contribution in [3.63, 3.8) is 0 Å². The molecule has 3 N–H and O–H groups in total. The molecule has 1 fully saturated rings. The fourth-order valence-corrected chi connectivity index (χ4v) is 3.61. The highest BCUT2D eigenvalue weighted by molar-refractivity contribution is 5.98. The molecule has 31 heavy (non-hydrogen) atoms. The number of primary amides is 1. The third-order valence-corrected chi connectivity index (χ3v) is 5.25. The Bertz CT molecular complexity index is 1090. The van der Waals surface area contributed by atoms with Gasteiger partial charge < -0.3 is 16.0 Å². The second-order valence-corrected chi connectivity index (χ2v) is 7.36. The number of hydrogen-bond acceptors (Lipinski definition) is 8. The molecule has 1 aliphatic rings. The van der Waals surface area contributed by atoms with Crippen molar-refractivity contribution in [2.24, 2.45) is 5.73 Å². The number of hydrogen-bond donors (Lipinski definition) is 2. The lowest BCUT2D eigenvalue weighted by Crippen LogP contribution is -2.40. The van der Waals surface area contributed by atoms with Gasteiger partial charge in [0.25, 0.3) is 5.91 Å². The van der Waals surface area contributed by atoms with Crippen LogP contribution in [0.4, 0.5) is 11.5 Å². The molecule has 0 radical (unpaired) electrons. The van der Waals surface area contributed by atoms with Gasteiger partial charge in [-0.2, -0.15) is 5.26 Å². The molecule has 0 atom stereocenters. The zero-order valence-electron chi connectivity index (χ0n) is 16.9. The molecule has 0 saturated carbocycles. The Balaban J connectivity index is 1.43. The molecule has 0 aromatic carbocycles. The second kappa shape index (κ2) is 9.17. The number of nitrogens with one attached hydrogen (secondary N) is 1. The average molecular weight is 414 g/mol. The molecule has 1 amide bonds. The average Bonchev–Trinajstić information content (AvgIpc) is 2.80. The molecule has 4 rings (SSSR count). The third kappa shape index (κ3) is 4.93. The zero-order valence-corrected chi connectivity index (χ0v) is 16.9. The maximum absolute atomic E-state index is 11.9. The molecule has 4 heterocycles. The summed E-state index contributed by atoms with van der Waals surface area (Å²) in [5.74, 6) is 0.251. The number of rotatable bonds is 6. The zero-order chi connectivity index (χ0) is 21.6. The van der Waals surface area contributed by atoms with Crippen molar-refractivity contribution in [2.75, 3.05) is 23.3 Å². The van der Waals surface area contributed by atoms with Crippen molar-refractivity contribution in [1.29, 1.82) is 5.26 Å². The topological polar surface area (TPSA) is 134 Å². The molecule has 3 aromatic rings. The van der Waals surface area contributed by atoms with Crippen LogP contribution in [0.2, 0.25) is 0 Å². The van der Waals surface area contributed by atoms with E-state index in [1.165, 1.54) is 12.4 Å². The van der Waals surface area contributed by atoms with Crippen LogP contribution in [0.5, 0.6) is 0 Å². The normalized spacial score (nSPS) is 14.1. The monoisotopic (exact) mass is 414 g/mol. The first kappa shape index (κ1) is 20.2. The highest BCUT2D eigenvalue weighted by Crippen LogP contribution is 2.23. The Morgan fingerprint density at radius 2 is 1.97 bits per heavy atom. The van der Waals surface area contributed by atoms with Crippen LogP contribution in [0.3, 0.4) is 0 Å². The van der Waals surface area contributed by atoms with Gasteiger partial charge in [0, 0.05) is 49.3 Å². The molecule has 0 spiro atoms. The Morgan fingerprint density at radius 3 is 2.61 bits per heavy atom. The molecule has 1 aliphatic heterocycles. The van der Waals surface area contributed by atoms with Crippen molar-refractivity contribution in [2.45, 2.75) is 25.3 Å². The number of nitrogens with two attached hydrogens (primary N) is 1. The third-order valence-electron chi connectivity index (χ3n) is 5.25. The Hall–Kier alpha value is -4.06. The van der Waals surface area contributed by atoms with Crippen LogP contribution in [0.15, 0.2) is 49.1 Å². The van der Waals surface area contributed by atoms with E-state index in [9.17, 15) is 4.79 Å². The molecule has 0 aliphatic carbocycles. The van der Waals surface area contributed by atoms with E-state index in [4.69, 9.17) is 11.0 Å². The van der Waals surface area contributed by atoms with E-state index in [0.717, 1.165) is 43.1 Å². The van der Waals surface area contributed by atoms with Crippen LogP contribution in [0.1, 0.15) is 40.3 Å². The maximum Gasteiger partial charge on any atom is 0.252 e. The van der Waals surface area contributed by atoms with Gasteiger partial charge >= 0.3 is 0 Å². The van der Waals surface area contributed by atoms with Crippen LogP contribution in [0.25, 0.3) is 0 Å². The van der Waals surface area contributed by atoms with E-state index in [2.05, 4.69) is 30.2 Å². The summed E-state index contributed by atoms with van der Waals surface area (Å²) < 4.78 is 0. The first-order chi connectivity index (χ1) is 15.1. The molecule has 0 bridgehead atoms. The number of nitriles is 1. The minimum absolute atomic E-state index is 0.186. The van der Waals surface area contributed by atoms with E-state index >= 15 is 0 Å². The summed E-state index contributed by atoms with van der Waals surface area (Å²) >= 11 is 0. The molecular formula is C22H22N8O. The summed E-state index contributed by atoms with van der Waals surface area (Å²) in [5.41, 5.74) is 8.67. The largest absolute Gasteiger partial charge is 0.381 e. The van der Waals surface area contributed by atoms with Gasteiger partial charge in [-0.05, 0) is 31.0 Å². The number of aromatic nitrogens is 4.